The van der Waals surface area contributed by atoms with E-state index in [0.717, 1.165) is 66.9 Å². The zero-order valence-electron chi connectivity index (χ0n) is 17.0. The van der Waals surface area contributed by atoms with Crippen LogP contribution in [0.15, 0.2) is 48.5 Å². The molecular weight excluding hydrogens is 382 g/mol. The largest absolute Gasteiger partial charge is 0.336 e. The van der Waals surface area contributed by atoms with Crippen LogP contribution in [0.25, 0.3) is 22.2 Å². The number of nitrogens with zero attached hydrogens (tertiary/aromatic N) is 3. The predicted octanol–water partition coefficient (Wildman–Crippen LogP) is 5.03. The summed E-state index contributed by atoms with van der Waals surface area (Å²) in [5.74, 6) is 0.0763. The number of hydrogen-bond acceptors (Lipinski definition) is 3. The lowest BCUT2D eigenvalue weighted by molar-refractivity contribution is 0.0639. The molecule has 29 heavy (non-hydrogen) atoms. The normalized spacial score (nSPS) is 15.1. The zero-order chi connectivity index (χ0) is 20.4. The van der Waals surface area contributed by atoms with Crippen molar-refractivity contribution in [2.75, 3.05) is 32.7 Å². The third-order valence-corrected chi connectivity index (χ3v) is 5.87. The van der Waals surface area contributed by atoms with Gasteiger partial charge in [0.1, 0.15) is 0 Å². The summed E-state index contributed by atoms with van der Waals surface area (Å²) in [6, 6.07) is 15.6. The van der Waals surface area contributed by atoms with E-state index in [1.54, 1.807) is 0 Å². The zero-order valence-corrected chi connectivity index (χ0v) is 17.7. The minimum atomic E-state index is 0.0763. The van der Waals surface area contributed by atoms with Gasteiger partial charge in [0.2, 0.25) is 0 Å². The second-order valence-electron chi connectivity index (χ2n) is 7.69. The molecular formula is C24H26ClN3O. The summed E-state index contributed by atoms with van der Waals surface area (Å²) in [4.78, 5) is 22.7. The highest BCUT2D eigenvalue weighted by atomic mass is 35.5. The van der Waals surface area contributed by atoms with Gasteiger partial charge >= 0.3 is 0 Å². The van der Waals surface area contributed by atoms with Crippen LogP contribution in [0.2, 0.25) is 5.02 Å². The molecule has 0 spiro atoms. The van der Waals surface area contributed by atoms with E-state index in [0.29, 0.717) is 10.6 Å². The molecule has 5 heteroatoms. The Morgan fingerprint density at radius 2 is 1.83 bits per heavy atom. The number of amides is 1. The Kier molecular flexibility index (Phi) is 5.84. The van der Waals surface area contributed by atoms with Crippen molar-refractivity contribution in [2.45, 2.75) is 20.3 Å². The number of aromatic nitrogens is 1. The summed E-state index contributed by atoms with van der Waals surface area (Å²) < 4.78 is 0. The number of rotatable bonds is 4. The molecule has 0 atom stereocenters. The van der Waals surface area contributed by atoms with Crippen molar-refractivity contribution in [1.29, 1.82) is 0 Å². The smallest absolute Gasteiger partial charge is 0.254 e. The molecule has 2 aromatic carbocycles. The molecule has 1 saturated heterocycles. The number of fused-ring (bicyclic) bond motifs is 1. The first-order valence-corrected chi connectivity index (χ1v) is 10.6. The van der Waals surface area contributed by atoms with Crippen LogP contribution in [0, 0.1) is 6.92 Å². The van der Waals surface area contributed by atoms with Crippen molar-refractivity contribution < 1.29 is 4.79 Å². The third kappa shape index (κ3) is 4.14. The van der Waals surface area contributed by atoms with Gasteiger partial charge in [-0.1, -0.05) is 48.4 Å². The summed E-state index contributed by atoms with van der Waals surface area (Å²) in [6.45, 7) is 8.71. The molecule has 1 fully saturated rings. The maximum Gasteiger partial charge on any atom is 0.254 e. The van der Waals surface area contributed by atoms with Crippen molar-refractivity contribution in [2.24, 2.45) is 0 Å². The maximum absolute atomic E-state index is 13.5. The average Bonchev–Trinajstić information content (AvgIpc) is 2.74. The van der Waals surface area contributed by atoms with E-state index in [1.807, 2.05) is 54.3 Å². The lowest BCUT2D eigenvalue weighted by Gasteiger charge is -2.34. The van der Waals surface area contributed by atoms with Crippen LogP contribution in [-0.2, 0) is 0 Å². The van der Waals surface area contributed by atoms with Gasteiger partial charge in [-0.15, -0.1) is 0 Å². The molecule has 4 rings (SSSR count). The number of halogens is 1. The molecule has 1 aliphatic heterocycles. The van der Waals surface area contributed by atoms with Crippen LogP contribution in [0.1, 0.15) is 29.3 Å². The quantitative estimate of drug-likeness (QED) is 0.608. The molecule has 0 unspecified atom stereocenters. The number of carbonyl (C=O) groups excluding carboxylic acids is 1. The summed E-state index contributed by atoms with van der Waals surface area (Å²) in [7, 11) is 0. The van der Waals surface area contributed by atoms with Gasteiger partial charge in [-0.25, -0.2) is 4.98 Å². The van der Waals surface area contributed by atoms with E-state index in [1.165, 1.54) is 0 Å². The maximum atomic E-state index is 13.5. The van der Waals surface area contributed by atoms with Crippen molar-refractivity contribution in [1.82, 2.24) is 14.8 Å². The van der Waals surface area contributed by atoms with Crippen molar-refractivity contribution >= 4 is 28.4 Å². The standard InChI is InChI=1S/C24H26ClN3O/c1-3-10-27-11-13-28(14-12-27)24(29)20-16-23(18-6-4-5-7-21(18)25)26-22-9-8-17(2)15-19(20)22/h4-9,15-16H,3,10-14H2,1-2H3. The highest BCUT2D eigenvalue weighted by Crippen LogP contribution is 2.31. The van der Waals surface area contributed by atoms with E-state index < -0.39 is 0 Å². The van der Waals surface area contributed by atoms with E-state index in [2.05, 4.69) is 17.9 Å². The van der Waals surface area contributed by atoms with Crippen molar-refractivity contribution in [3.05, 3.63) is 64.7 Å². The van der Waals surface area contributed by atoms with E-state index >= 15 is 0 Å². The Bertz CT molecular complexity index is 1040. The molecule has 1 aliphatic rings. The van der Waals surface area contributed by atoms with Crippen molar-refractivity contribution in [3.63, 3.8) is 0 Å². The highest BCUT2D eigenvalue weighted by molar-refractivity contribution is 6.33. The van der Waals surface area contributed by atoms with E-state index in [-0.39, 0.29) is 5.91 Å². The first kappa shape index (κ1) is 19.9. The van der Waals surface area contributed by atoms with Gasteiger partial charge in [0.05, 0.1) is 16.8 Å². The third-order valence-electron chi connectivity index (χ3n) is 5.54. The van der Waals surface area contributed by atoms with Gasteiger partial charge < -0.3 is 4.90 Å². The Labute approximate surface area is 177 Å². The molecule has 4 nitrogen and oxygen atoms in total. The fourth-order valence-electron chi connectivity index (χ4n) is 3.98. The number of piperazine rings is 1. The van der Waals surface area contributed by atoms with Gasteiger partial charge in [-0.05, 0) is 44.2 Å². The lowest BCUT2D eigenvalue weighted by atomic mass is 10.0. The second-order valence-corrected chi connectivity index (χ2v) is 8.10. The molecule has 1 aromatic heterocycles. The van der Waals surface area contributed by atoms with Crippen LogP contribution in [-0.4, -0.2) is 53.4 Å². The van der Waals surface area contributed by atoms with Crippen LogP contribution < -0.4 is 0 Å². The summed E-state index contributed by atoms with van der Waals surface area (Å²) in [6.07, 6.45) is 1.14. The van der Waals surface area contributed by atoms with Gasteiger partial charge in [0.25, 0.3) is 5.91 Å². The lowest BCUT2D eigenvalue weighted by Crippen LogP contribution is -2.48. The number of aryl methyl sites for hydroxylation is 1. The monoisotopic (exact) mass is 407 g/mol. The van der Waals surface area contributed by atoms with Gasteiger partial charge in [-0.3, -0.25) is 9.69 Å². The van der Waals surface area contributed by atoms with Crippen molar-refractivity contribution in [3.8, 4) is 11.3 Å². The molecule has 3 aromatic rings. The van der Waals surface area contributed by atoms with E-state index in [9.17, 15) is 4.79 Å². The highest BCUT2D eigenvalue weighted by Gasteiger charge is 2.24. The molecule has 0 bridgehead atoms. The number of benzene rings is 2. The van der Waals surface area contributed by atoms with Gasteiger partial charge in [0.15, 0.2) is 0 Å². The number of carbonyl (C=O) groups is 1. The number of pyridine rings is 1. The average molecular weight is 408 g/mol. The second kappa shape index (κ2) is 8.52. The summed E-state index contributed by atoms with van der Waals surface area (Å²) in [5, 5.41) is 1.54. The summed E-state index contributed by atoms with van der Waals surface area (Å²) >= 11 is 6.42. The fraction of sp³-hybridized carbons (Fsp3) is 0.333. The van der Waals surface area contributed by atoms with Gasteiger partial charge in [0, 0.05) is 42.2 Å². The van der Waals surface area contributed by atoms with Gasteiger partial charge in [-0.2, -0.15) is 0 Å². The van der Waals surface area contributed by atoms with Crippen LogP contribution in [0.3, 0.4) is 0 Å². The predicted molar refractivity (Wildman–Crippen MR) is 120 cm³/mol. The minimum Gasteiger partial charge on any atom is -0.336 e. The van der Waals surface area contributed by atoms with Crippen LogP contribution >= 0.6 is 11.6 Å². The fourth-order valence-corrected chi connectivity index (χ4v) is 4.22. The van der Waals surface area contributed by atoms with E-state index in [4.69, 9.17) is 16.6 Å². The first-order valence-electron chi connectivity index (χ1n) is 10.2. The topological polar surface area (TPSA) is 36.4 Å². The first-order chi connectivity index (χ1) is 14.1. The molecule has 0 aliphatic carbocycles. The number of hydrogen-bond donors (Lipinski definition) is 0. The Hall–Kier alpha value is -2.43. The molecule has 2 heterocycles. The molecule has 0 radical (unpaired) electrons. The Morgan fingerprint density at radius 1 is 1.07 bits per heavy atom. The molecule has 0 saturated carbocycles. The SMILES string of the molecule is CCCN1CCN(C(=O)c2cc(-c3ccccc3Cl)nc3ccc(C)cc23)CC1. The Balaban J connectivity index is 1.75. The summed E-state index contributed by atoms with van der Waals surface area (Å²) in [5.41, 5.74) is 4.23. The molecule has 0 N–H and O–H groups in total. The Morgan fingerprint density at radius 3 is 2.55 bits per heavy atom. The minimum absolute atomic E-state index is 0.0763. The molecule has 150 valence electrons. The van der Waals surface area contributed by atoms with Crippen LogP contribution in [0.4, 0.5) is 0 Å². The van der Waals surface area contributed by atoms with Crippen LogP contribution in [0.5, 0.6) is 0 Å². The molecule has 1 amide bonds.